The van der Waals surface area contributed by atoms with Gasteiger partial charge in [0.25, 0.3) is 0 Å². The molecule has 0 saturated carbocycles. The molecule has 2 aromatic rings. The first kappa shape index (κ1) is 22.5. The predicted octanol–water partition coefficient (Wildman–Crippen LogP) is 0.578. The molecule has 162 valence electrons. The Morgan fingerprint density at radius 2 is 1.61 bits per heavy atom. The number of hydrogen-bond donors (Lipinski definition) is 4. The summed E-state index contributed by atoms with van der Waals surface area (Å²) in [7, 11) is 0. The van der Waals surface area contributed by atoms with E-state index in [0.29, 0.717) is 6.42 Å². The van der Waals surface area contributed by atoms with Crippen molar-refractivity contribution in [3.05, 3.63) is 70.2 Å². The number of rotatable bonds is 8. The van der Waals surface area contributed by atoms with Crippen LogP contribution in [0, 0.1) is 0 Å². The molecule has 0 bridgehead atoms. The minimum absolute atomic E-state index is 0.211. The van der Waals surface area contributed by atoms with Crippen molar-refractivity contribution in [2.75, 3.05) is 0 Å². The van der Waals surface area contributed by atoms with Crippen molar-refractivity contribution in [1.29, 1.82) is 0 Å². The van der Waals surface area contributed by atoms with Crippen LogP contribution in [-0.2, 0) is 32.0 Å². The molecule has 8 nitrogen and oxygen atoms in total. The second-order valence-corrected chi connectivity index (χ2v) is 8.29. The number of hydrogen-bond acceptors (Lipinski definition) is 4. The Bertz CT molecular complexity index is 982. The molecule has 0 spiro atoms. The highest BCUT2D eigenvalue weighted by Gasteiger charge is 2.35. The van der Waals surface area contributed by atoms with E-state index in [2.05, 4.69) is 31.9 Å². The van der Waals surface area contributed by atoms with Gasteiger partial charge in [0.05, 0.1) is 6.42 Å². The SMILES string of the molecule is NC(=O)[C@H](Cc1cccc(Br)c1)NC(=O)C[C@@H]1NC(=O)[C@H](Cc2ccccc2)NC1=O. The fourth-order valence-electron chi connectivity index (χ4n) is 3.37. The molecule has 3 rings (SSSR count). The maximum Gasteiger partial charge on any atom is 0.243 e. The molecule has 0 aromatic heterocycles. The second-order valence-electron chi connectivity index (χ2n) is 7.37. The summed E-state index contributed by atoms with van der Waals surface area (Å²) >= 11 is 3.36. The van der Waals surface area contributed by atoms with E-state index in [4.69, 9.17) is 5.73 Å². The lowest BCUT2D eigenvalue weighted by atomic mass is 10.0. The minimum Gasteiger partial charge on any atom is -0.368 e. The zero-order valence-electron chi connectivity index (χ0n) is 16.6. The van der Waals surface area contributed by atoms with Crippen LogP contribution in [-0.4, -0.2) is 41.8 Å². The third kappa shape index (κ3) is 6.39. The van der Waals surface area contributed by atoms with Crippen LogP contribution < -0.4 is 21.7 Å². The summed E-state index contributed by atoms with van der Waals surface area (Å²) < 4.78 is 0.839. The van der Waals surface area contributed by atoms with Gasteiger partial charge in [-0.15, -0.1) is 0 Å². The van der Waals surface area contributed by atoms with Gasteiger partial charge in [-0.05, 0) is 23.3 Å². The Hall–Kier alpha value is -3.20. The van der Waals surface area contributed by atoms with Crippen LogP contribution >= 0.6 is 15.9 Å². The van der Waals surface area contributed by atoms with Gasteiger partial charge in [-0.3, -0.25) is 19.2 Å². The van der Waals surface area contributed by atoms with Gasteiger partial charge in [0.2, 0.25) is 23.6 Å². The molecule has 9 heteroatoms. The summed E-state index contributed by atoms with van der Waals surface area (Å²) in [6, 6.07) is 14.0. The highest BCUT2D eigenvalue weighted by atomic mass is 79.9. The summed E-state index contributed by atoms with van der Waals surface area (Å²) in [6.45, 7) is 0. The van der Waals surface area contributed by atoms with Crippen LogP contribution in [0.5, 0.6) is 0 Å². The fourth-order valence-corrected chi connectivity index (χ4v) is 3.82. The molecule has 1 aliphatic rings. The van der Waals surface area contributed by atoms with Gasteiger partial charge in [0.1, 0.15) is 18.1 Å². The molecule has 4 amide bonds. The van der Waals surface area contributed by atoms with E-state index >= 15 is 0 Å². The average molecular weight is 487 g/mol. The number of carbonyl (C=O) groups excluding carboxylic acids is 4. The van der Waals surface area contributed by atoms with Crippen molar-refractivity contribution in [3.8, 4) is 0 Å². The molecule has 0 aliphatic carbocycles. The van der Waals surface area contributed by atoms with Crippen LogP contribution in [0.25, 0.3) is 0 Å². The molecular formula is C22H23BrN4O4. The van der Waals surface area contributed by atoms with Crippen molar-refractivity contribution < 1.29 is 19.2 Å². The van der Waals surface area contributed by atoms with Crippen molar-refractivity contribution in [1.82, 2.24) is 16.0 Å². The van der Waals surface area contributed by atoms with Gasteiger partial charge in [-0.25, -0.2) is 0 Å². The van der Waals surface area contributed by atoms with Crippen molar-refractivity contribution in [2.45, 2.75) is 37.4 Å². The lowest BCUT2D eigenvalue weighted by Crippen LogP contribution is -2.63. The first-order valence-corrected chi connectivity index (χ1v) is 10.6. The molecule has 2 aromatic carbocycles. The quantitative estimate of drug-likeness (QED) is 0.434. The first-order valence-electron chi connectivity index (χ1n) is 9.79. The Labute approximate surface area is 188 Å². The number of nitrogens with two attached hydrogens (primary N) is 1. The lowest BCUT2D eigenvalue weighted by molar-refractivity contribution is -0.138. The summed E-state index contributed by atoms with van der Waals surface area (Å²) in [5, 5.41) is 7.82. The minimum atomic E-state index is -1.01. The van der Waals surface area contributed by atoms with E-state index < -0.39 is 35.8 Å². The summed E-state index contributed by atoms with van der Waals surface area (Å²) in [5.74, 6) is -2.05. The first-order chi connectivity index (χ1) is 14.8. The average Bonchev–Trinajstić information content (AvgIpc) is 2.72. The smallest absolute Gasteiger partial charge is 0.243 e. The number of carbonyl (C=O) groups is 4. The van der Waals surface area contributed by atoms with Crippen LogP contribution in [0.1, 0.15) is 17.5 Å². The molecule has 31 heavy (non-hydrogen) atoms. The maximum absolute atomic E-state index is 12.4. The lowest BCUT2D eigenvalue weighted by Gasteiger charge is -2.29. The van der Waals surface area contributed by atoms with E-state index in [1.54, 1.807) is 0 Å². The van der Waals surface area contributed by atoms with Gasteiger partial charge in [0.15, 0.2) is 0 Å². The van der Waals surface area contributed by atoms with E-state index in [9.17, 15) is 19.2 Å². The van der Waals surface area contributed by atoms with Crippen LogP contribution in [0.3, 0.4) is 0 Å². The van der Waals surface area contributed by atoms with E-state index in [1.807, 2.05) is 54.6 Å². The van der Waals surface area contributed by atoms with Crippen molar-refractivity contribution in [3.63, 3.8) is 0 Å². The van der Waals surface area contributed by atoms with Gasteiger partial charge in [0, 0.05) is 17.3 Å². The summed E-state index contributed by atoms with van der Waals surface area (Å²) in [4.78, 5) is 49.1. The monoisotopic (exact) mass is 486 g/mol. The highest BCUT2D eigenvalue weighted by Crippen LogP contribution is 2.13. The van der Waals surface area contributed by atoms with Crippen LogP contribution in [0.15, 0.2) is 59.1 Å². The van der Waals surface area contributed by atoms with Gasteiger partial charge in [-0.1, -0.05) is 58.4 Å². The number of halogens is 1. The maximum atomic E-state index is 12.4. The number of amides is 4. The molecule has 1 heterocycles. The van der Waals surface area contributed by atoms with E-state index in [-0.39, 0.29) is 18.7 Å². The summed E-state index contributed by atoms with van der Waals surface area (Å²) in [6.07, 6.45) is 0.272. The third-order valence-electron chi connectivity index (χ3n) is 4.95. The van der Waals surface area contributed by atoms with Gasteiger partial charge >= 0.3 is 0 Å². The Kier molecular flexibility index (Phi) is 7.41. The Morgan fingerprint density at radius 3 is 2.29 bits per heavy atom. The molecule has 1 aliphatic heterocycles. The van der Waals surface area contributed by atoms with E-state index in [1.165, 1.54) is 0 Å². The number of piperazine rings is 1. The largest absolute Gasteiger partial charge is 0.368 e. The van der Waals surface area contributed by atoms with Crippen molar-refractivity contribution in [2.24, 2.45) is 5.73 Å². The standard InChI is InChI=1S/C22H23BrN4O4/c23-15-8-4-7-14(9-15)11-16(20(24)29)25-19(28)12-18-22(31)26-17(21(30)27-18)10-13-5-2-1-3-6-13/h1-9,16-18H,10-12H2,(H2,24,29)(H,25,28)(H,26,31)(H,27,30)/t16-,17-,18-/m0/s1. The number of primary amides is 1. The molecule has 1 fully saturated rings. The fraction of sp³-hybridized carbons (Fsp3) is 0.273. The molecule has 5 N–H and O–H groups in total. The Balaban J connectivity index is 1.56. The second kappa shape index (κ2) is 10.2. The molecule has 1 saturated heterocycles. The predicted molar refractivity (Wildman–Crippen MR) is 118 cm³/mol. The molecule has 0 unspecified atom stereocenters. The number of benzene rings is 2. The van der Waals surface area contributed by atoms with E-state index in [0.717, 1.165) is 15.6 Å². The number of nitrogens with one attached hydrogen (secondary N) is 3. The summed E-state index contributed by atoms with van der Waals surface area (Å²) in [5.41, 5.74) is 7.15. The third-order valence-corrected chi connectivity index (χ3v) is 5.44. The molecule has 3 atom stereocenters. The van der Waals surface area contributed by atoms with Gasteiger partial charge < -0.3 is 21.7 Å². The zero-order valence-corrected chi connectivity index (χ0v) is 18.2. The highest BCUT2D eigenvalue weighted by molar-refractivity contribution is 9.10. The van der Waals surface area contributed by atoms with Crippen molar-refractivity contribution >= 4 is 39.6 Å². The van der Waals surface area contributed by atoms with Crippen LogP contribution in [0.4, 0.5) is 0 Å². The molecule has 0 radical (unpaired) electrons. The normalized spacial score (nSPS) is 19.1. The topological polar surface area (TPSA) is 130 Å². The van der Waals surface area contributed by atoms with Crippen LogP contribution in [0.2, 0.25) is 0 Å². The zero-order chi connectivity index (χ0) is 22.4. The molecular weight excluding hydrogens is 464 g/mol. The Morgan fingerprint density at radius 1 is 0.968 bits per heavy atom. The van der Waals surface area contributed by atoms with Gasteiger partial charge in [-0.2, -0.15) is 0 Å².